The summed E-state index contributed by atoms with van der Waals surface area (Å²) in [5, 5.41) is 3.03. The van der Waals surface area contributed by atoms with E-state index in [0.717, 1.165) is 23.4 Å². The Morgan fingerprint density at radius 3 is 2.40 bits per heavy atom. The first-order chi connectivity index (χ1) is 17.1. The molecule has 0 saturated heterocycles. The van der Waals surface area contributed by atoms with E-state index in [0.29, 0.717) is 31.0 Å². The minimum atomic E-state index is -0.549. The molecular formula is C29H27N3O3. The van der Waals surface area contributed by atoms with Gasteiger partial charge in [-0.2, -0.15) is 0 Å². The molecule has 0 spiro atoms. The van der Waals surface area contributed by atoms with Crippen LogP contribution in [-0.2, 0) is 11.2 Å². The molecule has 3 amide bonds. The van der Waals surface area contributed by atoms with Crippen molar-refractivity contribution in [3.8, 4) is 11.5 Å². The summed E-state index contributed by atoms with van der Waals surface area (Å²) in [4.78, 5) is 30.1. The average molecular weight is 466 g/mol. The van der Waals surface area contributed by atoms with Crippen molar-refractivity contribution in [1.82, 2.24) is 15.1 Å². The van der Waals surface area contributed by atoms with Gasteiger partial charge < -0.3 is 15.0 Å². The molecule has 5 rings (SSSR count). The van der Waals surface area contributed by atoms with E-state index in [1.807, 2.05) is 77.7 Å². The van der Waals surface area contributed by atoms with Crippen LogP contribution in [0.4, 0.5) is 4.79 Å². The lowest BCUT2D eigenvalue weighted by molar-refractivity contribution is -0.125. The molecule has 176 valence electrons. The average Bonchev–Trinajstić information content (AvgIpc) is 3.21. The molecule has 3 aromatic carbocycles. The summed E-state index contributed by atoms with van der Waals surface area (Å²) in [7, 11) is 0. The molecule has 2 aliphatic rings. The standard InChI is InChI=1S/C29H27N3O3/c1-2-17-32-25-20-31(18-16-21-10-5-3-6-11-21)28(33)26(25)27(30-29(32)34)22-12-9-15-24(19-22)35-23-13-7-4-8-14-23/h2-15,19,27H,1,16-18,20H2,(H,30,34)/t27-/m0/s1. The molecule has 0 fully saturated rings. The number of urea groups is 1. The van der Waals surface area contributed by atoms with Crippen molar-refractivity contribution in [1.29, 1.82) is 0 Å². The highest BCUT2D eigenvalue weighted by Crippen LogP contribution is 2.37. The Morgan fingerprint density at radius 2 is 1.66 bits per heavy atom. The molecule has 0 aromatic heterocycles. The SMILES string of the molecule is C=CCN1C(=O)N[C@@H](c2cccc(Oc3ccccc3)c2)C2=C1CN(CCc1ccccc1)C2=O. The fraction of sp³-hybridized carbons (Fsp3) is 0.172. The van der Waals surface area contributed by atoms with Crippen LogP contribution in [0.2, 0.25) is 0 Å². The zero-order valence-corrected chi connectivity index (χ0v) is 19.4. The monoisotopic (exact) mass is 465 g/mol. The Hall–Kier alpha value is -4.32. The summed E-state index contributed by atoms with van der Waals surface area (Å²) < 4.78 is 6.00. The van der Waals surface area contributed by atoms with Crippen molar-refractivity contribution in [3.05, 3.63) is 120 Å². The van der Waals surface area contributed by atoms with Crippen molar-refractivity contribution in [3.63, 3.8) is 0 Å². The van der Waals surface area contributed by atoms with Gasteiger partial charge in [0.25, 0.3) is 5.91 Å². The maximum atomic E-state index is 13.6. The molecule has 1 N–H and O–H groups in total. The van der Waals surface area contributed by atoms with Crippen LogP contribution in [0.25, 0.3) is 0 Å². The normalized spacial score (nSPS) is 17.3. The number of carbonyl (C=O) groups excluding carboxylic acids is 2. The van der Waals surface area contributed by atoms with Crippen LogP contribution in [0.5, 0.6) is 11.5 Å². The molecule has 0 aliphatic carbocycles. The van der Waals surface area contributed by atoms with E-state index in [9.17, 15) is 9.59 Å². The number of amides is 3. The third-order valence-electron chi connectivity index (χ3n) is 6.29. The number of nitrogens with one attached hydrogen (secondary N) is 1. The lowest BCUT2D eigenvalue weighted by atomic mass is 9.95. The third kappa shape index (κ3) is 4.68. The number of carbonyl (C=O) groups is 2. The molecule has 35 heavy (non-hydrogen) atoms. The van der Waals surface area contributed by atoms with Gasteiger partial charge in [-0.15, -0.1) is 6.58 Å². The summed E-state index contributed by atoms with van der Waals surface area (Å²) >= 11 is 0. The highest BCUT2D eigenvalue weighted by Gasteiger charge is 2.43. The van der Waals surface area contributed by atoms with Gasteiger partial charge >= 0.3 is 6.03 Å². The van der Waals surface area contributed by atoms with Gasteiger partial charge in [-0.3, -0.25) is 9.69 Å². The van der Waals surface area contributed by atoms with Gasteiger partial charge in [-0.05, 0) is 41.8 Å². The molecule has 0 radical (unpaired) electrons. The first kappa shape index (κ1) is 22.5. The van der Waals surface area contributed by atoms with Crippen LogP contribution >= 0.6 is 0 Å². The molecular weight excluding hydrogens is 438 g/mol. The van der Waals surface area contributed by atoms with Crippen molar-refractivity contribution < 1.29 is 14.3 Å². The Kier molecular flexibility index (Phi) is 6.35. The topological polar surface area (TPSA) is 61.9 Å². The highest BCUT2D eigenvalue weighted by molar-refractivity contribution is 6.01. The first-order valence-corrected chi connectivity index (χ1v) is 11.7. The Morgan fingerprint density at radius 1 is 0.943 bits per heavy atom. The summed E-state index contributed by atoms with van der Waals surface area (Å²) in [6.07, 6.45) is 2.43. The van der Waals surface area contributed by atoms with E-state index in [1.54, 1.807) is 11.0 Å². The smallest absolute Gasteiger partial charge is 0.322 e. The number of ether oxygens (including phenoxy) is 1. The number of hydrogen-bond acceptors (Lipinski definition) is 3. The Labute approximate surface area is 205 Å². The second-order valence-electron chi connectivity index (χ2n) is 8.59. The fourth-order valence-corrected chi connectivity index (χ4v) is 4.59. The maximum Gasteiger partial charge on any atom is 0.322 e. The predicted molar refractivity (Wildman–Crippen MR) is 135 cm³/mol. The third-order valence-corrected chi connectivity index (χ3v) is 6.29. The van der Waals surface area contributed by atoms with Gasteiger partial charge in [0.15, 0.2) is 0 Å². The first-order valence-electron chi connectivity index (χ1n) is 11.7. The number of benzene rings is 3. The van der Waals surface area contributed by atoms with E-state index in [-0.39, 0.29) is 11.9 Å². The van der Waals surface area contributed by atoms with Crippen molar-refractivity contribution in [2.24, 2.45) is 0 Å². The molecule has 2 aliphatic heterocycles. The zero-order chi connectivity index (χ0) is 24.2. The summed E-state index contributed by atoms with van der Waals surface area (Å²) in [6.45, 7) is 5.11. The van der Waals surface area contributed by atoms with Gasteiger partial charge in [0.05, 0.1) is 23.9 Å². The van der Waals surface area contributed by atoms with E-state index >= 15 is 0 Å². The zero-order valence-electron chi connectivity index (χ0n) is 19.4. The molecule has 6 heteroatoms. The minimum Gasteiger partial charge on any atom is -0.457 e. The van der Waals surface area contributed by atoms with E-state index in [2.05, 4.69) is 24.0 Å². The highest BCUT2D eigenvalue weighted by atomic mass is 16.5. The second-order valence-corrected chi connectivity index (χ2v) is 8.59. The fourth-order valence-electron chi connectivity index (χ4n) is 4.59. The number of rotatable bonds is 8. The van der Waals surface area contributed by atoms with Gasteiger partial charge in [-0.1, -0.05) is 66.7 Å². The molecule has 3 aromatic rings. The molecule has 6 nitrogen and oxygen atoms in total. The van der Waals surface area contributed by atoms with Gasteiger partial charge in [0, 0.05) is 13.1 Å². The molecule has 0 bridgehead atoms. The van der Waals surface area contributed by atoms with E-state index < -0.39 is 6.04 Å². The summed E-state index contributed by atoms with van der Waals surface area (Å²) in [5.41, 5.74) is 3.32. The Bertz CT molecular complexity index is 1270. The van der Waals surface area contributed by atoms with Crippen LogP contribution in [0.15, 0.2) is 109 Å². The maximum absolute atomic E-state index is 13.6. The number of para-hydroxylation sites is 1. The molecule has 2 heterocycles. The van der Waals surface area contributed by atoms with Crippen LogP contribution in [0.1, 0.15) is 17.2 Å². The van der Waals surface area contributed by atoms with Crippen molar-refractivity contribution >= 4 is 11.9 Å². The van der Waals surface area contributed by atoms with Crippen molar-refractivity contribution in [2.45, 2.75) is 12.5 Å². The second kappa shape index (κ2) is 9.89. The van der Waals surface area contributed by atoms with Gasteiger partial charge in [-0.25, -0.2) is 4.79 Å². The molecule has 1 atom stereocenters. The van der Waals surface area contributed by atoms with Gasteiger partial charge in [0.2, 0.25) is 0 Å². The van der Waals surface area contributed by atoms with Crippen LogP contribution < -0.4 is 10.1 Å². The summed E-state index contributed by atoms with van der Waals surface area (Å²) in [6, 6.07) is 26.4. The Balaban J connectivity index is 1.43. The minimum absolute atomic E-state index is 0.0515. The van der Waals surface area contributed by atoms with E-state index in [1.165, 1.54) is 5.56 Å². The quantitative estimate of drug-likeness (QED) is 0.473. The van der Waals surface area contributed by atoms with Crippen molar-refractivity contribution in [2.75, 3.05) is 19.6 Å². The predicted octanol–water partition coefficient (Wildman–Crippen LogP) is 5.07. The van der Waals surface area contributed by atoms with E-state index in [4.69, 9.17) is 4.74 Å². The largest absolute Gasteiger partial charge is 0.457 e. The van der Waals surface area contributed by atoms with Crippen LogP contribution in [-0.4, -0.2) is 41.4 Å². The summed E-state index contributed by atoms with van der Waals surface area (Å²) in [5.74, 6) is 1.31. The number of hydrogen-bond donors (Lipinski definition) is 1. The number of nitrogens with zero attached hydrogens (tertiary/aromatic N) is 2. The van der Waals surface area contributed by atoms with Crippen LogP contribution in [0.3, 0.4) is 0 Å². The van der Waals surface area contributed by atoms with Gasteiger partial charge in [0.1, 0.15) is 11.5 Å². The lowest BCUT2D eigenvalue weighted by Crippen LogP contribution is -2.47. The van der Waals surface area contributed by atoms with Crippen LogP contribution in [0, 0.1) is 0 Å². The molecule has 0 saturated carbocycles. The lowest BCUT2D eigenvalue weighted by Gasteiger charge is -2.33. The molecule has 0 unspecified atom stereocenters.